The van der Waals surface area contributed by atoms with Gasteiger partial charge in [0.2, 0.25) is 0 Å². The lowest BCUT2D eigenvalue weighted by Crippen LogP contribution is -2.35. The maximum Gasteiger partial charge on any atom is 0.150 e. The minimum Gasteiger partial charge on any atom is -0.395 e. The first kappa shape index (κ1) is 17.1. The van der Waals surface area contributed by atoms with E-state index in [1.165, 1.54) is 0 Å². The quantitative estimate of drug-likeness (QED) is 0.761. The third-order valence-electron chi connectivity index (χ3n) is 3.82. The highest BCUT2D eigenvalue weighted by molar-refractivity contribution is 7.91. The van der Waals surface area contributed by atoms with Gasteiger partial charge >= 0.3 is 0 Å². The van der Waals surface area contributed by atoms with Gasteiger partial charge in [-0.05, 0) is 25.3 Å². The van der Waals surface area contributed by atoms with E-state index in [9.17, 15) is 18.6 Å². The number of sulfone groups is 1. The van der Waals surface area contributed by atoms with Crippen molar-refractivity contribution in [3.05, 3.63) is 35.4 Å². The van der Waals surface area contributed by atoms with E-state index < -0.39 is 15.3 Å². The maximum absolute atomic E-state index is 11.5. The molecule has 0 amide bonds. The van der Waals surface area contributed by atoms with Crippen molar-refractivity contribution >= 4 is 9.84 Å². The van der Waals surface area contributed by atoms with Gasteiger partial charge < -0.3 is 10.2 Å². The molecular weight excluding hydrogens is 276 g/mol. The third kappa shape index (κ3) is 4.30. The number of aliphatic hydroxyl groups excluding tert-OH is 2. The standard InChI is InChI=1S/C15H24O4S/c1-3-20(18,19)10-4-9-15(11-16,12-17)14-7-5-13(2)6-8-14/h5-8,16-17H,3-4,9-12H2,1-2H3. The van der Waals surface area contributed by atoms with Crippen molar-refractivity contribution in [3.63, 3.8) is 0 Å². The van der Waals surface area contributed by atoms with Gasteiger partial charge in [-0.2, -0.15) is 0 Å². The van der Waals surface area contributed by atoms with Crippen molar-refractivity contribution in [1.82, 2.24) is 0 Å². The molecule has 0 atom stereocenters. The van der Waals surface area contributed by atoms with Crippen LogP contribution in [0, 0.1) is 6.92 Å². The topological polar surface area (TPSA) is 74.6 Å². The van der Waals surface area contributed by atoms with Crippen LogP contribution < -0.4 is 0 Å². The average molecular weight is 300 g/mol. The summed E-state index contributed by atoms with van der Waals surface area (Å²) in [6.45, 7) is 3.20. The number of aliphatic hydroxyl groups is 2. The van der Waals surface area contributed by atoms with Crippen LogP contribution in [0.1, 0.15) is 30.9 Å². The van der Waals surface area contributed by atoms with E-state index in [0.717, 1.165) is 11.1 Å². The summed E-state index contributed by atoms with van der Waals surface area (Å²) >= 11 is 0. The molecule has 0 heterocycles. The highest BCUT2D eigenvalue weighted by atomic mass is 32.2. The molecule has 0 unspecified atom stereocenters. The molecule has 0 spiro atoms. The van der Waals surface area contributed by atoms with Crippen LogP contribution >= 0.6 is 0 Å². The SMILES string of the molecule is CCS(=O)(=O)CCCC(CO)(CO)c1ccc(C)cc1. The zero-order chi connectivity index (χ0) is 15.2. The number of rotatable bonds is 8. The normalized spacial score (nSPS) is 12.6. The smallest absolute Gasteiger partial charge is 0.150 e. The van der Waals surface area contributed by atoms with Crippen molar-refractivity contribution < 1.29 is 18.6 Å². The fourth-order valence-electron chi connectivity index (χ4n) is 2.22. The second kappa shape index (κ2) is 7.20. The van der Waals surface area contributed by atoms with Crippen LogP contribution in [0.4, 0.5) is 0 Å². The number of benzene rings is 1. The van der Waals surface area contributed by atoms with Crippen molar-refractivity contribution in [2.24, 2.45) is 0 Å². The Morgan fingerprint density at radius 2 is 1.65 bits per heavy atom. The fraction of sp³-hybridized carbons (Fsp3) is 0.600. The van der Waals surface area contributed by atoms with Gasteiger partial charge in [-0.1, -0.05) is 36.8 Å². The van der Waals surface area contributed by atoms with Gasteiger partial charge in [-0.3, -0.25) is 0 Å². The van der Waals surface area contributed by atoms with E-state index in [0.29, 0.717) is 12.8 Å². The van der Waals surface area contributed by atoms with E-state index in [-0.39, 0.29) is 24.7 Å². The Kier molecular flexibility index (Phi) is 6.17. The Morgan fingerprint density at radius 3 is 2.10 bits per heavy atom. The molecule has 1 aromatic rings. The summed E-state index contributed by atoms with van der Waals surface area (Å²) < 4.78 is 23.0. The highest BCUT2D eigenvalue weighted by Crippen LogP contribution is 2.29. The Morgan fingerprint density at radius 1 is 1.10 bits per heavy atom. The lowest BCUT2D eigenvalue weighted by molar-refractivity contribution is 0.109. The van der Waals surface area contributed by atoms with Crippen molar-refractivity contribution in [3.8, 4) is 0 Å². The van der Waals surface area contributed by atoms with Crippen molar-refractivity contribution in [1.29, 1.82) is 0 Å². The summed E-state index contributed by atoms with van der Waals surface area (Å²) in [5.74, 6) is 0.222. The monoisotopic (exact) mass is 300 g/mol. The molecule has 0 aliphatic rings. The molecule has 1 rings (SSSR count). The molecule has 0 saturated carbocycles. The summed E-state index contributed by atoms with van der Waals surface area (Å²) in [5, 5.41) is 19.4. The zero-order valence-electron chi connectivity index (χ0n) is 12.2. The lowest BCUT2D eigenvalue weighted by Gasteiger charge is -2.30. The molecule has 4 nitrogen and oxygen atoms in total. The second-order valence-corrected chi connectivity index (χ2v) is 7.78. The van der Waals surface area contributed by atoms with Crippen LogP contribution in [0.15, 0.2) is 24.3 Å². The summed E-state index contributed by atoms with van der Waals surface area (Å²) in [7, 11) is -3.01. The Balaban J connectivity index is 2.84. The predicted molar refractivity (Wildman–Crippen MR) is 80.6 cm³/mol. The van der Waals surface area contributed by atoms with Gasteiger partial charge in [0.25, 0.3) is 0 Å². The molecular formula is C15H24O4S. The molecule has 0 bridgehead atoms. The van der Waals surface area contributed by atoms with Gasteiger partial charge in [0, 0.05) is 11.2 Å². The Hall–Kier alpha value is -0.910. The molecule has 5 heteroatoms. The Labute approximate surface area is 121 Å². The zero-order valence-corrected chi connectivity index (χ0v) is 13.0. The highest BCUT2D eigenvalue weighted by Gasteiger charge is 2.31. The van der Waals surface area contributed by atoms with Crippen LogP contribution in [0.25, 0.3) is 0 Å². The van der Waals surface area contributed by atoms with E-state index in [1.54, 1.807) is 6.92 Å². The summed E-state index contributed by atoms with van der Waals surface area (Å²) in [6, 6.07) is 7.63. The van der Waals surface area contributed by atoms with E-state index in [4.69, 9.17) is 0 Å². The molecule has 0 fully saturated rings. The molecule has 0 radical (unpaired) electrons. The largest absolute Gasteiger partial charge is 0.395 e. The average Bonchev–Trinajstić information content (AvgIpc) is 2.45. The molecule has 20 heavy (non-hydrogen) atoms. The van der Waals surface area contributed by atoms with Gasteiger partial charge in [0.1, 0.15) is 9.84 Å². The van der Waals surface area contributed by atoms with Crippen LogP contribution in [0.5, 0.6) is 0 Å². The van der Waals surface area contributed by atoms with E-state index in [1.807, 2.05) is 31.2 Å². The van der Waals surface area contributed by atoms with Crippen molar-refractivity contribution in [2.75, 3.05) is 24.7 Å². The number of aryl methyl sites for hydroxylation is 1. The van der Waals surface area contributed by atoms with E-state index in [2.05, 4.69) is 0 Å². The van der Waals surface area contributed by atoms with Gasteiger partial charge in [0.15, 0.2) is 0 Å². The molecule has 0 aliphatic heterocycles. The number of hydrogen-bond donors (Lipinski definition) is 2. The second-order valence-electron chi connectivity index (χ2n) is 5.30. The predicted octanol–water partition coefficient (Wildman–Crippen LogP) is 1.43. The first-order valence-electron chi connectivity index (χ1n) is 6.88. The van der Waals surface area contributed by atoms with E-state index >= 15 is 0 Å². The first-order valence-corrected chi connectivity index (χ1v) is 8.70. The fourth-order valence-corrected chi connectivity index (χ4v) is 3.09. The van der Waals surface area contributed by atoms with Crippen LogP contribution in [0.2, 0.25) is 0 Å². The van der Waals surface area contributed by atoms with Gasteiger partial charge in [0.05, 0.1) is 19.0 Å². The van der Waals surface area contributed by atoms with Crippen LogP contribution in [0.3, 0.4) is 0 Å². The molecule has 0 aliphatic carbocycles. The molecule has 0 saturated heterocycles. The van der Waals surface area contributed by atoms with Gasteiger partial charge in [-0.15, -0.1) is 0 Å². The molecule has 2 N–H and O–H groups in total. The molecule has 0 aromatic heterocycles. The molecule has 1 aromatic carbocycles. The minimum absolute atomic E-state index is 0.0944. The summed E-state index contributed by atoms with van der Waals surface area (Å²) in [4.78, 5) is 0. The van der Waals surface area contributed by atoms with Gasteiger partial charge in [-0.25, -0.2) is 8.42 Å². The van der Waals surface area contributed by atoms with Crippen LogP contribution in [-0.2, 0) is 15.3 Å². The van der Waals surface area contributed by atoms with Crippen molar-refractivity contribution in [2.45, 2.75) is 32.1 Å². The lowest BCUT2D eigenvalue weighted by atomic mass is 9.78. The third-order valence-corrected chi connectivity index (χ3v) is 5.61. The Bertz CT molecular complexity index is 501. The first-order chi connectivity index (χ1) is 9.39. The maximum atomic E-state index is 11.5. The number of hydrogen-bond acceptors (Lipinski definition) is 4. The summed E-state index contributed by atoms with van der Waals surface area (Å²) in [6.07, 6.45) is 0.882. The minimum atomic E-state index is -3.01. The summed E-state index contributed by atoms with van der Waals surface area (Å²) in [5.41, 5.74) is 1.19. The molecule has 114 valence electrons. The van der Waals surface area contributed by atoms with Crippen LogP contribution in [-0.4, -0.2) is 43.4 Å².